The number of carbonyl (C=O) groups excluding carboxylic acids is 3. The van der Waals surface area contributed by atoms with Crippen LogP contribution in [0.15, 0.2) is 103 Å². The summed E-state index contributed by atoms with van der Waals surface area (Å²) in [4.78, 5) is 45.9. The molecule has 15 rings (SSSR count). The fourth-order valence-corrected chi connectivity index (χ4v) is 26.7. The zero-order chi connectivity index (χ0) is 87.1. The first-order chi connectivity index (χ1) is 58.0. The predicted molar refractivity (Wildman–Crippen MR) is 464 cm³/mol. The number of allylic oxidation sites excluding steroid dienone is 2. The van der Waals surface area contributed by atoms with Crippen LogP contribution in [-0.2, 0) is 115 Å². The first kappa shape index (κ1) is 92.7. The average Bonchev–Trinajstić information content (AvgIpc) is 0.693. The Morgan fingerprint density at radius 3 is 1.82 bits per heavy atom. The molecule has 38 atom stereocenters. The molecule has 0 amide bonds. The van der Waals surface area contributed by atoms with E-state index in [0.717, 1.165) is 61.6 Å². The van der Waals surface area contributed by atoms with Crippen molar-refractivity contribution in [2.75, 3.05) is 26.9 Å². The fourth-order valence-electron chi connectivity index (χ4n) is 25.2. The molecule has 11 fully saturated rings. The Bertz CT molecular complexity index is 4050. The van der Waals surface area contributed by atoms with Gasteiger partial charge in [-0.2, -0.15) is 0 Å². The maximum absolute atomic E-state index is 17.1. The summed E-state index contributed by atoms with van der Waals surface area (Å²) in [6.45, 7) is 45.6. The van der Waals surface area contributed by atoms with E-state index in [0.29, 0.717) is 63.4 Å². The molecule has 0 spiro atoms. The molecule has 0 radical (unpaired) electrons. The van der Waals surface area contributed by atoms with Gasteiger partial charge in [0.2, 0.25) is 5.12 Å². The molecule has 678 valence electrons. The number of hydrogen-bond donors (Lipinski definition) is 1. The van der Waals surface area contributed by atoms with Gasteiger partial charge in [-0.25, -0.2) is 0 Å². The van der Waals surface area contributed by atoms with Crippen molar-refractivity contribution < 1.29 is 94.9 Å². The highest BCUT2D eigenvalue weighted by molar-refractivity contribution is 8.14. The van der Waals surface area contributed by atoms with E-state index in [-0.39, 0.29) is 94.0 Å². The fraction of sp³-hybridized carbons (Fsp3) is 0.770. The van der Waals surface area contributed by atoms with Crippen LogP contribution in [0.5, 0.6) is 0 Å². The lowest BCUT2D eigenvalue weighted by Gasteiger charge is -2.72. The van der Waals surface area contributed by atoms with Crippen LogP contribution in [-0.4, -0.2) is 178 Å². The maximum atomic E-state index is 17.1. The SMILES string of the molecule is CCC1O[C@@H](OC2[C@H](O[C@H]3CCC4(C)C5CC=C6C7CC(C)(C)CC[C@]7(C(=O)S[C@@H]7OC(COCc8ccccc8)[C@H](N)C(C)C7O[C@@H]7OC(C)[C@H](O[C@@H]8OC[C@@H](OCc9ccccc9)C(OCc9ccccc9)C8C)C8OC(C)(C)OC87)C(OC)C[C@@]6(C)[C@@]5(C)CC[C@H]4[C@@]3(C)C=O)OC(C(C)=O)[C@@H](C)[C@@H]2O[C@@H]2OC[C@@H](C)[C@H](C)C2C)C(C)[C@@H](C)[C@H]1C. The molecule has 22 heteroatoms. The van der Waals surface area contributed by atoms with Crippen LogP contribution in [0.25, 0.3) is 0 Å². The predicted octanol–water partition coefficient (Wildman–Crippen LogP) is 17.4. The maximum Gasteiger partial charge on any atom is 0.200 e. The van der Waals surface area contributed by atoms with Gasteiger partial charge in [0, 0.05) is 42.7 Å². The van der Waals surface area contributed by atoms with Gasteiger partial charge in [-0.15, -0.1) is 0 Å². The van der Waals surface area contributed by atoms with Crippen LogP contribution >= 0.6 is 11.8 Å². The molecule has 2 N–H and O–H groups in total. The lowest BCUT2D eigenvalue weighted by Crippen LogP contribution is -2.68. The number of ether oxygens (including phenoxy) is 17. The topological polar surface area (TPSA) is 234 Å². The molecule has 0 bridgehead atoms. The van der Waals surface area contributed by atoms with Crippen LogP contribution in [0, 0.1) is 104 Å². The number of Topliss-reactive ketones (excluding diaryl/α,β-unsaturated/α-hetero) is 1. The third-order valence-corrected chi connectivity index (χ3v) is 34.9. The Kier molecular flexibility index (Phi) is 28.2. The number of rotatable bonds is 26. The van der Waals surface area contributed by atoms with Gasteiger partial charge >= 0.3 is 0 Å². The molecule has 17 unspecified atom stereocenters. The zero-order valence-electron chi connectivity index (χ0n) is 76.8. The largest absolute Gasteiger partial charge is 0.380 e. The molecule has 3 aromatic rings. The second-order valence-corrected chi connectivity index (χ2v) is 42.9. The Labute approximate surface area is 732 Å². The Hall–Kier alpha value is -3.96. The number of hydrogen-bond acceptors (Lipinski definition) is 22. The number of thioether (sulfide) groups is 1. The molecule has 5 aliphatic carbocycles. The molecule has 12 aliphatic rings. The number of aldehydes is 1. The van der Waals surface area contributed by atoms with E-state index in [4.69, 9.17) is 86.3 Å². The molecule has 4 saturated carbocycles. The summed E-state index contributed by atoms with van der Waals surface area (Å²) < 4.78 is 119. The monoisotopic (exact) mass is 1710 g/mol. The van der Waals surface area contributed by atoms with Crippen molar-refractivity contribution in [2.24, 2.45) is 109 Å². The highest BCUT2D eigenvalue weighted by Gasteiger charge is 2.73. The van der Waals surface area contributed by atoms with Crippen molar-refractivity contribution in [3.05, 3.63) is 119 Å². The van der Waals surface area contributed by atoms with E-state index in [9.17, 15) is 9.59 Å². The number of carbonyl (C=O) groups is 3. The third-order valence-electron chi connectivity index (χ3n) is 33.7. The van der Waals surface area contributed by atoms with E-state index in [1.165, 1.54) is 23.6 Å². The minimum atomic E-state index is -1.08. The lowest BCUT2D eigenvalue weighted by molar-refractivity contribution is -0.374. The molecule has 7 heterocycles. The minimum absolute atomic E-state index is 0.0139. The van der Waals surface area contributed by atoms with E-state index in [1.54, 1.807) is 6.92 Å². The van der Waals surface area contributed by atoms with Crippen molar-refractivity contribution in [1.82, 2.24) is 0 Å². The zero-order valence-corrected chi connectivity index (χ0v) is 77.6. The van der Waals surface area contributed by atoms with Gasteiger partial charge in [0.05, 0.1) is 93.2 Å². The van der Waals surface area contributed by atoms with Crippen molar-refractivity contribution in [2.45, 2.75) is 357 Å². The van der Waals surface area contributed by atoms with Crippen LogP contribution in [0.2, 0.25) is 0 Å². The molecule has 7 saturated heterocycles. The van der Waals surface area contributed by atoms with Gasteiger partial charge in [-0.3, -0.25) is 9.59 Å². The Balaban J connectivity index is 0.700. The average molecular weight is 1720 g/mol. The van der Waals surface area contributed by atoms with Gasteiger partial charge in [-0.05, 0) is 172 Å². The first-order valence-corrected chi connectivity index (χ1v) is 47.5. The highest BCUT2D eigenvalue weighted by Crippen LogP contribution is 2.77. The summed E-state index contributed by atoms with van der Waals surface area (Å²) in [5.41, 5.74) is 7.91. The quantitative estimate of drug-likeness (QED) is 0.0447. The van der Waals surface area contributed by atoms with Gasteiger partial charge in [0.15, 0.2) is 43.0 Å². The number of nitrogens with two attached hydrogens (primary N) is 1. The van der Waals surface area contributed by atoms with E-state index < -0.39 is 150 Å². The second kappa shape index (κ2) is 37.1. The molecule has 3 aromatic carbocycles. The summed E-state index contributed by atoms with van der Waals surface area (Å²) in [5.74, 6) is -1.10. The number of fused-ring (bicyclic) bond motifs is 8. The molecule has 21 nitrogen and oxygen atoms in total. The summed E-state index contributed by atoms with van der Waals surface area (Å²) in [6, 6.07) is 29.8. The van der Waals surface area contributed by atoms with Crippen LogP contribution < -0.4 is 5.73 Å². The van der Waals surface area contributed by atoms with Crippen molar-refractivity contribution in [3.8, 4) is 0 Å². The Morgan fingerprint density at radius 1 is 0.549 bits per heavy atom. The van der Waals surface area contributed by atoms with Crippen molar-refractivity contribution >= 4 is 28.9 Å². The van der Waals surface area contributed by atoms with Crippen LogP contribution in [0.3, 0.4) is 0 Å². The van der Waals surface area contributed by atoms with Gasteiger partial charge in [0.25, 0.3) is 0 Å². The first-order valence-electron chi connectivity index (χ1n) is 46.6. The number of benzene rings is 3. The molecule has 0 aromatic heterocycles. The van der Waals surface area contributed by atoms with E-state index in [2.05, 4.69) is 134 Å². The van der Waals surface area contributed by atoms with Gasteiger partial charge < -0.3 is 91.1 Å². The standard InChI is InChI=1S/C100H147NO20S/c1-22-71-58(5)57(4)60(7)89(112-71)119-85-81(116-87-59(6)56(3)55(2)48-109-87)62(9)79(64(11)103)115-90(85)114-76-41-42-96(17)74(97(76,18)54-102)40-43-98(19)75(96)39-38-69-70-46-94(13,14)44-45-100(70,77(105-21)47-99(69,98)20)93(104)122-92-82(61(8)78(101)72(113-92)52-106-49-66-32-26-23-27-33-66)117-91-86-84(120-95(15,16)121-86)83(65(12)111-91)118-88-63(10)80(108-51-68-36-30-25-31-37-68)73(53-110-88)107-50-67-34-28-24-29-35-67/h23-38,54-63,65,70-92H,22,39-53,101H2,1-21H3/t55-,56+,57+,58-,59?,60?,61?,62-,63?,65?,70?,71?,72?,73-,74-,75?,76+,77?,78-,79?,80?,81+,82?,83+,84?,85?,86?,87+,88+,89+,90-,91+,92+,96?,97-,98+,99-,100-/m1/s1. The smallest absolute Gasteiger partial charge is 0.200 e. The van der Waals surface area contributed by atoms with Crippen LogP contribution in [0.1, 0.15) is 219 Å². The van der Waals surface area contributed by atoms with E-state index in [1.807, 2.05) is 102 Å². The van der Waals surface area contributed by atoms with Crippen molar-refractivity contribution in [3.63, 3.8) is 0 Å². The molecular weight excluding hydrogens is 1570 g/mol. The number of methoxy groups -OCH3 is 1. The van der Waals surface area contributed by atoms with Gasteiger partial charge in [0.1, 0.15) is 54.4 Å². The number of ketones is 1. The summed E-state index contributed by atoms with van der Waals surface area (Å²) >= 11 is 1.23. The lowest BCUT2D eigenvalue weighted by atomic mass is 9.33. The van der Waals surface area contributed by atoms with Crippen LogP contribution in [0.4, 0.5) is 0 Å². The second-order valence-electron chi connectivity index (χ2n) is 41.9. The third kappa shape index (κ3) is 17.5. The highest BCUT2D eigenvalue weighted by atomic mass is 32.2. The van der Waals surface area contributed by atoms with Gasteiger partial charge in [-0.1, -0.05) is 225 Å². The summed E-state index contributed by atoms with van der Waals surface area (Å²) in [6.07, 6.45) is -1.27. The Morgan fingerprint density at radius 2 is 1.16 bits per heavy atom. The molecule has 7 aliphatic heterocycles. The normalized spacial score (nSPS) is 46.7. The summed E-state index contributed by atoms with van der Waals surface area (Å²) in [7, 11) is 1.81. The molecular formula is C100H147NO20S. The minimum Gasteiger partial charge on any atom is -0.380 e. The van der Waals surface area contributed by atoms with Crippen molar-refractivity contribution in [1.29, 1.82) is 0 Å². The van der Waals surface area contributed by atoms with E-state index >= 15 is 4.79 Å². The molecule has 122 heavy (non-hydrogen) atoms. The summed E-state index contributed by atoms with van der Waals surface area (Å²) in [5, 5.41) is 0.0139.